The minimum Gasteiger partial charge on any atom is -0.472 e. The molecule has 2 aromatic carbocycles. The highest BCUT2D eigenvalue weighted by Crippen LogP contribution is 2.19. The van der Waals surface area contributed by atoms with Crippen LogP contribution in [0.15, 0.2) is 47.5 Å². The van der Waals surface area contributed by atoms with Gasteiger partial charge in [0.1, 0.15) is 24.6 Å². The van der Waals surface area contributed by atoms with E-state index >= 15 is 0 Å². The molecule has 1 aromatic heterocycles. The molecule has 0 radical (unpaired) electrons. The van der Waals surface area contributed by atoms with E-state index in [2.05, 4.69) is 4.98 Å². The van der Waals surface area contributed by atoms with E-state index in [1.165, 1.54) is 37.1 Å². The number of hydrogen-bond acceptors (Lipinski definition) is 5. The van der Waals surface area contributed by atoms with E-state index < -0.39 is 23.2 Å². The molecule has 0 saturated heterocycles. The van der Waals surface area contributed by atoms with Crippen LogP contribution < -0.4 is 10.3 Å². The van der Waals surface area contributed by atoms with Gasteiger partial charge < -0.3 is 9.47 Å². The smallest absolute Gasteiger partial charge is 0.337 e. The number of rotatable bonds is 5. The van der Waals surface area contributed by atoms with Gasteiger partial charge in [-0.25, -0.2) is 18.6 Å². The summed E-state index contributed by atoms with van der Waals surface area (Å²) in [5.74, 6) is -1.92. The Hall–Kier alpha value is -3.55. The Morgan fingerprint density at radius 2 is 1.81 bits per heavy atom. The van der Waals surface area contributed by atoms with Crippen molar-refractivity contribution in [3.8, 4) is 11.6 Å². The molecule has 3 aromatic rings. The van der Waals surface area contributed by atoms with E-state index in [-0.39, 0.29) is 23.6 Å². The number of benzene rings is 2. The third kappa shape index (κ3) is 5.33. The zero-order chi connectivity index (χ0) is 23.1. The molecule has 0 amide bonds. The first-order valence-electron chi connectivity index (χ1n) is 9.66. The van der Waals surface area contributed by atoms with Crippen LogP contribution in [0.4, 0.5) is 8.78 Å². The quantitative estimate of drug-likeness (QED) is 0.557. The molecule has 0 spiro atoms. The first-order valence-corrected chi connectivity index (χ1v) is 9.66. The van der Waals surface area contributed by atoms with Gasteiger partial charge >= 0.3 is 5.97 Å². The molecule has 1 heterocycles. The van der Waals surface area contributed by atoms with E-state index in [0.29, 0.717) is 11.3 Å². The summed E-state index contributed by atoms with van der Waals surface area (Å²) >= 11 is 0. The monoisotopic (exact) mass is 430 g/mol. The summed E-state index contributed by atoms with van der Waals surface area (Å²) in [4.78, 5) is 28.7. The molecule has 0 aliphatic rings. The molecule has 0 atom stereocenters. The van der Waals surface area contributed by atoms with Gasteiger partial charge in [-0.15, -0.1) is 0 Å². The number of aromatic nitrogens is 2. The summed E-state index contributed by atoms with van der Waals surface area (Å²) in [6.07, 6.45) is 1.27. The van der Waals surface area contributed by atoms with Crippen LogP contribution >= 0.6 is 0 Å². The third-order valence-electron chi connectivity index (χ3n) is 4.42. The summed E-state index contributed by atoms with van der Waals surface area (Å²) in [6, 6.07) is 7.99. The molecule has 0 N–H and O–H groups in total. The molecule has 8 heteroatoms. The maximum Gasteiger partial charge on any atom is 0.337 e. The zero-order valence-corrected chi connectivity index (χ0v) is 18.0. The van der Waals surface area contributed by atoms with Crippen molar-refractivity contribution in [2.24, 2.45) is 0 Å². The Balaban J connectivity index is 0.00000166. The fourth-order valence-corrected chi connectivity index (χ4v) is 2.75. The molecule has 0 unspecified atom stereocenters. The van der Waals surface area contributed by atoms with Crippen LogP contribution in [0.2, 0.25) is 0 Å². The largest absolute Gasteiger partial charge is 0.472 e. The molecule has 0 aliphatic heterocycles. The summed E-state index contributed by atoms with van der Waals surface area (Å²) in [5.41, 5.74) is 1.47. The van der Waals surface area contributed by atoms with Gasteiger partial charge in [0.2, 0.25) is 5.88 Å². The minimum absolute atomic E-state index is 0.0387. The van der Waals surface area contributed by atoms with Crippen molar-refractivity contribution in [3.63, 3.8) is 0 Å². The lowest BCUT2D eigenvalue weighted by Gasteiger charge is -2.13. The van der Waals surface area contributed by atoms with Crippen LogP contribution in [-0.2, 0) is 11.3 Å². The Bertz CT molecular complexity index is 1140. The van der Waals surface area contributed by atoms with E-state index in [9.17, 15) is 18.4 Å². The van der Waals surface area contributed by atoms with Crippen molar-refractivity contribution in [2.45, 2.75) is 34.3 Å². The van der Waals surface area contributed by atoms with Crippen molar-refractivity contribution in [3.05, 3.63) is 87.0 Å². The number of methoxy groups -OCH3 is 1. The first kappa shape index (κ1) is 23.7. The van der Waals surface area contributed by atoms with Crippen molar-refractivity contribution in [2.75, 3.05) is 7.11 Å². The standard InChI is InChI=1S/C21H18F2N2O4.C2H6/c1-12-4-5-14(21(27)28-3)8-18(12)25-11-24-19(13(2)20(25)26)29-10-15-6-7-16(22)9-17(15)23;1-2/h4-9,11H,10H2,1-3H3;1-2H3. The Labute approximate surface area is 179 Å². The lowest BCUT2D eigenvalue weighted by Crippen LogP contribution is -2.23. The Kier molecular flexibility index (Phi) is 8.01. The van der Waals surface area contributed by atoms with Crippen LogP contribution in [0, 0.1) is 25.5 Å². The van der Waals surface area contributed by atoms with Crippen LogP contribution in [0.1, 0.15) is 40.9 Å². The third-order valence-corrected chi connectivity index (χ3v) is 4.42. The average molecular weight is 430 g/mol. The van der Waals surface area contributed by atoms with Crippen molar-refractivity contribution >= 4 is 5.97 Å². The topological polar surface area (TPSA) is 70.4 Å². The average Bonchev–Trinajstić information content (AvgIpc) is 2.77. The van der Waals surface area contributed by atoms with Gasteiger partial charge in [-0.05, 0) is 43.7 Å². The van der Waals surface area contributed by atoms with Gasteiger partial charge in [-0.1, -0.05) is 19.9 Å². The molecular weight excluding hydrogens is 406 g/mol. The number of hydrogen-bond donors (Lipinski definition) is 0. The highest BCUT2D eigenvalue weighted by Gasteiger charge is 2.15. The molecule has 0 aliphatic carbocycles. The highest BCUT2D eigenvalue weighted by molar-refractivity contribution is 5.90. The summed E-state index contributed by atoms with van der Waals surface area (Å²) < 4.78 is 38.2. The lowest BCUT2D eigenvalue weighted by atomic mass is 10.1. The van der Waals surface area contributed by atoms with Gasteiger partial charge in [0, 0.05) is 11.6 Å². The minimum atomic E-state index is -0.744. The van der Waals surface area contributed by atoms with E-state index in [1.807, 2.05) is 13.8 Å². The number of carbonyl (C=O) groups is 1. The van der Waals surface area contributed by atoms with Gasteiger partial charge in [-0.3, -0.25) is 9.36 Å². The summed E-state index contributed by atoms with van der Waals surface area (Å²) in [5, 5.41) is 0. The second kappa shape index (κ2) is 10.5. The SMILES string of the molecule is CC.COC(=O)c1ccc(C)c(-n2cnc(OCc3ccc(F)cc3F)c(C)c2=O)c1. The van der Waals surface area contributed by atoms with Gasteiger partial charge in [0.05, 0.1) is 23.9 Å². The number of halogens is 2. The maximum absolute atomic E-state index is 13.8. The van der Waals surface area contributed by atoms with Gasteiger partial charge in [0.25, 0.3) is 5.56 Å². The first-order chi connectivity index (χ1) is 14.8. The fourth-order valence-electron chi connectivity index (χ4n) is 2.75. The van der Waals surface area contributed by atoms with Gasteiger partial charge in [-0.2, -0.15) is 0 Å². The molecular formula is C23H24F2N2O4. The van der Waals surface area contributed by atoms with Crippen LogP contribution in [0.3, 0.4) is 0 Å². The van der Waals surface area contributed by atoms with Crippen molar-refractivity contribution < 1.29 is 23.0 Å². The maximum atomic E-state index is 13.8. The van der Waals surface area contributed by atoms with Crippen LogP contribution in [0.5, 0.6) is 5.88 Å². The predicted molar refractivity (Wildman–Crippen MR) is 113 cm³/mol. The molecule has 0 bridgehead atoms. The lowest BCUT2D eigenvalue weighted by molar-refractivity contribution is 0.0600. The number of nitrogens with zero attached hydrogens (tertiary/aromatic N) is 2. The number of ether oxygens (including phenoxy) is 2. The van der Waals surface area contributed by atoms with Gasteiger partial charge in [0.15, 0.2) is 0 Å². The normalized spacial score (nSPS) is 10.2. The zero-order valence-electron chi connectivity index (χ0n) is 18.0. The molecule has 0 saturated carbocycles. The van der Waals surface area contributed by atoms with Crippen LogP contribution in [-0.4, -0.2) is 22.6 Å². The predicted octanol–water partition coefficient (Wildman–Crippen LogP) is 4.52. The van der Waals surface area contributed by atoms with E-state index in [4.69, 9.17) is 9.47 Å². The number of aryl methyl sites for hydroxylation is 1. The Morgan fingerprint density at radius 3 is 2.45 bits per heavy atom. The van der Waals surface area contributed by atoms with Crippen molar-refractivity contribution in [1.29, 1.82) is 0 Å². The molecule has 164 valence electrons. The second-order valence-corrected chi connectivity index (χ2v) is 6.37. The van der Waals surface area contributed by atoms with Crippen LogP contribution in [0.25, 0.3) is 5.69 Å². The molecule has 0 fully saturated rings. The Morgan fingerprint density at radius 1 is 1.10 bits per heavy atom. The number of esters is 1. The fraction of sp³-hybridized carbons (Fsp3) is 0.261. The summed E-state index contributed by atoms with van der Waals surface area (Å²) in [6.45, 7) is 7.11. The highest BCUT2D eigenvalue weighted by atomic mass is 19.1. The van der Waals surface area contributed by atoms with E-state index in [1.54, 1.807) is 19.1 Å². The van der Waals surface area contributed by atoms with E-state index in [0.717, 1.165) is 17.7 Å². The molecule has 3 rings (SSSR count). The number of carbonyl (C=O) groups excluding carboxylic acids is 1. The molecule has 31 heavy (non-hydrogen) atoms. The molecule has 6 nitrogen and oxygen atoms in total. The second-order valence-electron chi connectivity index (χ2n) is 6.37. The van der Waals surface area contributed by atoms with Crippen molar-refractivity contribution in [1.82, 2.24) is 9.55 Å². The summed E-state index contributed by atoms with van der Waals surface area (Å²) in [7, 11) is 1.27.